The topological polar surface area (TPSA) is 110 Å². The molecule has 7 nitrogen and oxygen atoms in total. The number of nitrogens with one attached hydrogen (secondary N) is 1. The molecule has 1 amide bonds. The number of halogens is 1. The molecule has 114 valence electrons. The van der Waals surface area contributed by atoms with E-state index >= 15 is 0 Å². The van der Waals surface area contributed by atoms with Crippen molar-refractivity contribution >= 4 is 29.2 Å². The Balaban J connectivity index is 3.06. The van der Waals surface area contributed by atoms with Gasteiger partial charge in [-0.05, 0) is 24.5 Å². The molecule has 21 heavy (non-hydrogen) atoms. The smallest absolute Gasteiger partial charge is 0.326 e. The number of hydrogen-bond donors (Lipinski definition) is 2. The molecule has 0 heterocycles. The third kappa shape index (κ3) is 4.42. The number of aliphatic carboxylic acids is 1. The average molecular weight is 315 g/mol. The molecule has 0 fully saturated rings. The van der Waals surface area contributed by atoms with Crippen molar-refractivity contribution < 1.29 is 19.6 Å². The second kappa shape index (κ2) is 7.03. The van der Waals surface area contributed by atoms with Crippen molar-refractivity contribution in [2.75, 3.05) is 0 Å². The number of nitro groups is 1. The summed E-state index contributed by atoms with van der Waals surface area (Å²) in [4.78, 5) is 33.4. The lowest BCUT2D eigenvalue weighted by atomic mass is 10.0. The van der Waals surface area contributed by atoms with Gasteiger partial charge in [-0.15, -0.1) is 0 Å². The summed E-state index contributed by atoms with van der Waals surface area (Å²) in [6.45, 7) is 3.62. The molecule has 0 radical (unpaired) electrons. The van der Waals surface area contributed by atoms with E-state index in [1.54, 1.807) is 0 Å². The zero-order valence-electron chi connectivity index (χ0n) is 11.5. The summed E-state index contributed by atoms with van der Waals surface area (Å²) in [7, 11) is 0. The molecule has 1 aromatic rings. The van der Waals surface area contributed by atoms with Gasteiger partial charge in [-0.1, -0.05) is 31.5 Å². The standard InChI is InChI=1S/C13H15ClN2O5/c1-7(2)6-10(13(18)19)15-12(17)8-4-3-5-9(14)11(8)16(20)21/h3-5,7,10H,6H2,1-2H3,(H,15,17)(H,18,19). The van der Waals surface area contributed by atoms with E-state index in [-0.39, 0.29) is 22.9 Å². The second-order valence-electron chi connectivity index (χ2n) is 4.89. The van der Waals surface area contributed by atoms with Crippen molar-refractivity contribution in [1.82, 2.24) is 5.32 Å². The maximum Gasteiger partial charge on any atom is 0.326 e. The Labute approximate surface area is 126 Å². The molecule has 2 N–H and O–H groups in total. The first-order valence-corrected chi connectivity index (χ1v) is 6.58. The van der Waals surface area contributed by atoms with Gasteiger partial charge in [0, 0.05) is 0 Å². The molecule has 1 rings (SSSR count). The second-order valence-corrected chi connectivity index (χ2v) is 5.29. The Morgan fingerprint density at radius 1 is 1.43 bits per heavy atom. The Hall–Kier alpha value is -2.15. The molecule has 1 atom stereocenters. The molecular formula is C13H15ClN2O5. The van der Waals surface area contributed by atoms with Gasteiger partial charge in [0.15, 0.2) is 0 Å². The molecule has 0 aliphatic rings. The monoisotopic (exact) mass is 314 g/mol. The lowest BCUT2D eigenvalue weighted by molar-refractivity contribution is -0.385. The van der Waals surface area contributed by atoms with E-state index in [0.717, 1.165) is 0 Å². The molecule has 0 saturated heterocycles. The molecule has 1 aromatic carbocycles. The Morgan fingerprint density at radius 3 is 2.52 bits per heavy atom. The van der Waals surface area contributed by atoms with Gasteiger partial charge in [0.05, 0.1) is 4.92 Å². The van der Waals surface area contributed by atoms with E-state index in [0.29, 0.717) is 0 Å². The molecular weight excluding hydrogens is 300 g/mol. The van der Waals surface area contributed by atoms with Gasteiger partial charge < -0.3 is 10.4 Å². The fourth-order valence-corrected chi connectivity index (χ4v) is 2.06. The summed E-state index contributed by atoms with van der Waals surface area (Å²) in [5.74, 6) is -1.99. The van der Waals surface area contributed by atoms with Gasteiger partial charge in [-0.25, -0.2) is 4.79 Å². The molecule has 1 unspecified atom stereocenters. The lowest BCUT2D eigenvalue weighted by Crippen LogP contribution is -2.41. The summed E-state index contributed by atoms with van der Waals surface area (Å²) >= 11 is 5.71. The minimum Gasteiger partial charge on any atom is -0.480 e. The van der Waals surface area contributed by atoms with Gasteiger partial charge in [0.2, 0.25) is 0 Å². The SMILES string of the molecule is CC(C)CC(NC(=O)c1cccc(Cl)c1[N+](=O)[O-])C(=O)O. The van der Waals surface area contributed by atoms with Crippen molar-refractivity contribution in [3.8, 4) is 0 Å². The van der Waals surface area contributed by atoms with Crippen LogP contribution in [0, 0.1) is 16.0 Å². The van der Waals surface area contributed by atoms with E-state index in [2.05, 4.69) is 5.32 Å². The molecule has 0 aliphatic heterocycles. The Kier molecular flexibility index (Phi) is 5.66. The van der Waals surface area contributed by atoms with Crippen LogP contribution in [0.4, 0.5) is 5.69 Å². The summed E-state index contributed by atoms with van der Waals surface area (Å²) in [6, 6.07) is 2.80. The summed E-state index contributed by atoms with van der Waals surface area (Å²) in [5, 5.41) is 22.2. The first-order valence-electron chi connectivity index (χ1n) is 6.20. The first-order chi connectivity index (χ1) is 9.73. The Morgan fingerprint density at radius 2 is 2.05 bits per heavy atom. The number of rotatable bonds is 6. The van der Waals surface area contributed by atoms with Crippen LogP contribution >= 0.6 is 11.6 Å². The number of para-hydroxylation sites is 1. The average Bonchev–Trinajstić information content (AvgIpc) is 2.36. The molecule has 0 aromatic heterocycles. The number of benzene rings is 1. The van der Waals surface area contributed by atoms with Crippen molar-refractivity contribution in [3.63, 3.8) is 0 Å². The van der Waals surface area contributed by atoms with Crippen LogP contribution in [-0.2, 0) is 4.79 Å². The van der Waals surface area contributed by atoms with Crippen molar-refractivity contribution in [2.45, 2.75) is 26.3 Å². The predicted octanol–water partition coefficient (Wildman–Crippen LogP) is 2.48. The summed E-state index contributed by atoms with van der Waals surface area (Å²) < 4.78 is 0. The van der Waals surface area contributed by atoms with E-state index in [1.165, 1.54) is 18.2 Å². The van der Waals surface area contributed by atoms with E-state index < -0.39 is 28.5 Å². The van der Waals surface area contributed by atoms with E-state index in [1.807, 2.05) is 13.8 Å². The third-order valence-corrected chi connectivity index (χ3v) is 3.03. The fourth-order valence-electron chi connectivity index (χ4n) is 1.81. The van der Waals surface area contributed by atoms with Crippen LogP contribution in [0.3, 0.4) is 0 Å². The van der Waals surface area contributed by atoms with Crippen LogP contribution in [0.25, 0.3) is 0 Å². The number of carbonyl (C=O) groups excluding carboxylic acids is 1. The number of nitrogens with zero attached hydrogens (tertiary/aromatic N) is 1. The van der Waals surface area contributed by atoms with Gasteiger partial charge >= 0.3 is 11.7 Å². The van der Waals surface area contributed by atoms with Crippen LogP contribution in [-0.4, -0.2) is 27.9 Å². The van der Waals surface area contributed by atoms with Crippen LogP contribution < -0.4 is 5.32 Å². The first kappa shape index (κ1) is 16.9. The van der Waals surface area contributed by atoms with Crippen LogP contribution in [0.15, 0.2) is 18.2 Å². The molecule has 0 aliphatic carbocycles. The van der Waals surface area contributed by atoms with Crippen LogP contribution in [0.5, 0.6) is 0 Å². The minimum atomic E-state index is -1.19. The molecule has 0 bridgehead atoms. The lowest BCUT2D eigenvalue weighted by Gasteiger charge is -2.16. The predicted molar refractivity (Wildman–Crippen MR) is 76.5 cm³/mol. The minimum absolute atomic E-state index is 0.0424. The van der Waals surface area contributed by atoms with E-state index in [4.69, 9.17) is 16.7 Å². The third-order valence-electron chi connectivity index (χ3n) is 2.72. The number of nitro benzene ring substituents is 1. The molecule has 8 heteroatoms. The maximum atomic E-state index is 12.1. The molecule has 0 spiro atoms. The highest BCUT2D eigenvalue weighted by atomic mass is 35.5. The fraction of sp³-hybridized carbons (Fsp3) is 0.385. The number of hydrogen-bond acceptors (Lipinski definition) is 4. The van der Waals surface area contributed by atoms with Crippen LogP contribution in [0.2, 0.25) is 5.02 Å². The van der Waals surface area contributed by atoms with Crippen molar-refractivity contribution in [2.24, 2.45) is 5.92 Å². The van der Waals surface area contributed by atoms with Crippen molar-refractivity contribution in [3.05, 3.63) is 38.9 Å². The normalized spacial score (nSPS) is 12.0. The quantitative estimate of drug-likeness (QED) is 0.619. The highest BCUT2D eigenvalue weighted by Crippen LogP contribution is 2.28. The largest absolute Gasteiger partial charge is 0.480 e. The van der Waals surface area contributed by atoms with Crippen molar-refractivity contribution in [1.29, 1.82) is 0 Å². The molecule has 0 saturated carbocycles. The highest BCUT2D eigenvalue weighted by molar-refractivity contribution is 6.33. The van der Waals surface area contributed by atoms with Gasteiger partial charge in [-0.3, -0.25) is 14.9 Å². The highest BCUT2D eigenvalue weighted by Gasteiger charge is 2.27. The summed E-state index contributed by atoms with van der Waals surface area (Å²) in [6.07, 6.45) is 0.218. The van der Waals surface area contributed by atoms with E-state index in [9.17, 15) is 19.7 Å². The summed E-state index contributed by atoms with van der Waals surface area (Å²) in [5.41, 5.74) is -0.798. The number of carbonyl (C=O) groups is 2. The number of carboxylic acid groups (broad SMARTS) is 1. The van der Waals surface area contributed by atoms with Gasteiger partial charge in [0.25, 0.3) is 5.91 Å². The van der Waals surface area contributed by atoms with Gasteiger partial charge in [-0.2, -0.15) is 0 Å². The zero-order valence-corrected chi connectivity index (χ0v) is 12.3. The van der Waals surface area contributed by atoms with Gasteiger partial charge in [0.1, 0.15) is 16.6 Å². The number of amides is 1. The van der Waals surface area contributed by atoms with Crippen LogP contribution in [0.1, 0.15) is 30.6 Å². The number of carboxylic acids is 1. The Bertz CT molecular complexity index is 574. The maximum absolute atomic E-state index is 12.1. The zero-order chi connectivity index (χ0) is 16.2.